The number of amides is 1. The quantitative estimate of drug-likeness (QED) is 0.248. The molecule has 0 heterocycles. The van der Waals surface area contributed by atoms with E-state index in [1.165, 1.54) is 5.56 Å². The fraction of sp³-hybridized carbons (Fsp3) is 0.231. The van der Waals surface area contributed by atoms with Gasteiger partial charge in [-0.05, 0) is 74.4 Å². The van der Waals surface area contributed by atoms with Crippen LogP contribution in [0.4, 0.5) is 0 Å². The first-order chi connectivity index (χ1) is 15.7. The fourth-order valence-electron chi connectivity index (χ4n) is 3.04. The lowest BCUT2D eigenvalue weighted by molar-refractivity contribution is 0.0955. The highest BCUT2D eigenvalue weighted by atomic mass is 79.9. The third-order valence-corrected chi connectivity index (χ3v) is 6.06. The Balaban J connectivity index is 1.66. The van der Waals surface area contributed by atoms with Gasteiger partial charge < -0.3 is 9.47 Å². The number of nitrogens with one attached hydrogen (secondary N) is 1. The first kappa shape index (κ1) is 25.0. The van der Waals surface area contributed by atoms with Crippen LogP contribution < -0.4 is 14.9 Å². The molecule has 0 atom stereocenters. The van der Waals surface area contributed by atoms with Crippen molar-refractivity contribution in [1.82, 2.24) is 5.43 Å². The van der Waals surface area contributed by atoms with Crippen molar-refractivity contribution in [3.63, 3.8) is 0 Å². The zero-order chi connectivity index (χ0) is 24.0. The molecule has 0 aliphatic rings. The highest BCUT2D eigenvalue weighted by Crippen LogP contribution is 2.37. The number of halogens is 2. The van der Waals surface area contributed by atoms with Crippen LogP contribution in [0.15, 0.2) is 74.7 Å². The Kier molecular flexibility index (Phi) is 8.32. The van der Waals surface area contributed by atoms with Crippen molar-refractivity contribution in [1.29, 1.82) is 0 Å². The van der Waals surface area contributed by atoms with E-state index in [2.05, 4.69) is 63.2 Å². The van der Waals surface area contributed by atoms with E-state index in [1.807, 2.05) is 54.6 Å². The number of rotatable bonds is 7. The molecule has 0 unspecified atom stereocenters. The Morgan fingerprint density at radius 3 is 2.30 bits per heavy atom. The molecule has 33 heavy (non-hydrogen) atoms. The summed E-state index contributed by atoms with van der Waals surface area (Å²) < 4.78 is 13.2. The highest BCUT2D eigenvalue weighted by molar-refractivity contribution is 9.10. The number of hydrogen-bond donors (Lipinski definition) is 1. The molecule has 3 rings (SSSR count). The summed E-state index contributed by atoms with van der Waals surface area (Å²) in [5, 5.41) is 4.09. The second kappa shape index (κ2) is 11.0. The van der Waals surface area contributed by atoms with Crippen LogP contribution >= 0.6 is 31.9 Å². The minimum Gasteiger partial charge on any atom is -0.493 e. The maximum Gasteiger partial charge on any atom is 0.271 e. The minimum absolute atomic E-state index is 0.0354. The molecule has 3 aromatic rings. The first-order valence-corrected chi connectivity index (χ1v) is 11.9. The summed E-state index contributed by atoms with van der Waals surface area (Å²) >= 11 is 6.97. The van der Waals surface area contributed by atoms with Crippen LogP contribution in [0.2, 0.25) is 0 Å². The minimum atomic E-state index is -0.271. The molecule has 0 aliphatic heterocycles. The van der Waals surface area contributed by atoms with Crippen molar-refractivity contribution in [2.45, 2.75) is 32.8 Å². The SMILES string of the molecule is COc1cc(/C=N\NC(=O)c2ccc(C(C)(C)C)cc2)cc(Br)c1OCc1ccc(Br)cc1. The van der Waals surface area contributed by atoms with E-state index in [0.29, 0.717) is 23.7 Å². The average Bonchev–Trinajstić information content (AvgIpc) is 2.78. The predicted molar refractivity (Wildman–Crippen MR) is 139 cm³/mol. The van der Waals surface area contributed by atoms with Crippen LogP contribution in [0, 0.1) is 0 Å². The molecule has 0 spiro atoms. The Morgan fingerprint density at radius 2 is 1.70 bits per heavy atom. The van der Waals surface area contributed by atoms with Gasteiger partial charge in [0.25, 0.3) is 5.91 Å². The number of methoxy groups -OCH3 is 1. The summed E-state index contributed by atoms with van der Waals surface area (Å²) in [6.07, 6.45) is 1.56. The molecule has 0 radical (unpaired) electrons. The van der Waals surface area contributed by atoms with Gasteiger partial charge in [0.2, 0.25) is 0 Å². The van der Waals surface area contributed by atoms with E-state index < -0.39 is 0 Å². The van der Waals surface area contributed by atoms with Crippen LogP contribution in [0.25, 0.3) is 0 Å². The van der Waals surface area contributed by atoms with Crippen LogP contribution in [0.1, 0.15) is 47.8 Å². The molecule has 1 amide bonds. The number of carbonyl (C=O) groups is 1. The van der Waals surface area contributed by atoms with Gasteiger partial charge in [-0.1, -0.05) is 61.0 Å². The predicted octanol–water partition coefficient (Wildman–Crippen LogP) is 6.86. The van der Waals surface area contributed by atoms with E-state index >= 15 is 0 Å². The third kappa shape index (κ3) is 6.92. The lowest BCUT2D eigenvalue weighted by atomic mass is 9.87. The van der Waals surface area contributed by atoms with Crippen LogP contribution in [0.5, 0.6) is 11.5 Å². The van der Waals surface area contributed by atoms with Crippen molar-refractivity contribution in [2.75, 3.05) is 7.11 Å². The summed E-state index contributed by atoms with van der Waals surface area (Å²) in [5.41, 5.74) is 6.11. The topological polar surface area (TPSA) is 59.9 Å². The van der Waals surface area contributed by atoms with E-state index in [0.717, 1.165) is 20.1 Å². The molecule has 0 aromatic heterocycles. The van der Waals surface area contributed by atoms with E-state index in [4.69, 9.17) is 9.47 Å². The molecule has 0 bridgehead atoms. The Bertz CT molecular complexity index is 1140. The standard InChI is InChI=1S/C26H26Br2N2O3/c1-26(2,3)20-9-7-19(8-10-20)25(31)30-29-15-18-13-22(28)24(23(14-18)32-4)33-16-17-5-11-21(27)12-6-17/h5-15H,16H2,1-4H3,(H,30,31)/b29-15-. The second-order valence-corrected chi connectivity index (χ2v) is 10.2. The zero-order valence-corrected chi connectivity index (χ0v) is 22.2. The maximum absolute atomic E-state index is 12.4. The Morgan fingerprint density at radius 1 is 1.03 bits per heavy atom. The molecule has 5 nitrogen and oxygen atoms in total. The summed E-state index contributed by atoms with van der Waals surface area (Å²) in [6, 6.07) is 19.1. The molecule has 172 valence electrons. The number of carbonyl (C=O) groups excluding carboxylic acids is 1. The van der Waals surface area contributed by atoms with Gasteiger partial charge in [-0.15, -0.1) is 0 Å². The monoisotopic (exact) mass is 572 g/mol. The zero-order valence-electron chi connectivity index (χ0n) is 19.0. The van der Waals surface area contributed by atoms with Crippen molar-refractivity contribution in [3.8, 4) is 11.5 Å². The van der Waals surface area contributed by atoms with Crippen molar-refractivity contribution in [2.24, 2.45) is 5.10 Å². The van der Waals surface area contributed by atoms with Gasteiger partial charge in [-0.2, -0.15) is 5.10 Å². The molecule has 3 aromatic carbocycles. The van der Waals surface area contributed by atoms with Gasteiger partial charge >= 0.3 is 0 Å². The second-order valence-electron chi connectivity index (χ2n) is 8.48. The lowest BCUT2D eigenvalue weighted by Crippen LogP contribution is -2.18. The number of nitrogens with zero attached hydrogens (tertiary/aromatic N) is 1. The highest BCUT2D eigenvalue weighted by Gasteiger charge is 2.14. The van der Waals surface area contributed by atoms with Gasteiger partial charge in [0.1, 0.15) is 6.61 Å². The molecule has 7 heteroatoms. The molecule has 0 fully saturated rings. The van der Waals surface area contributed by atoms with E-state index in [9.17, 15) is 4.79 Å². The Hall–Kier alpha value is -2.64. The molecular weight excluding hydrogens is 548 g/mol. The third-order valence-electron chi connectivity index (χ3n) is 4.94. The van der Waals surface area contributed by atoms with Crippen LogP contribution in [0.3, 0.4) is 0 Å². The van der Waals surface area contributed by atoms with Gasteiger partial charge in [0.05, 0.1) is 17.8 Å². The van der Waals surface area contributed by atoms with Crippen molar-refractivity contribution >= 4 is 44.0 Å². The number of hydrogen-bond acceptors (Lipinski definition) is 4. The van der Waals surface area contributed by atoms with Crippen LogP contribution in [-0.2, 0) is 12.0 Å². The van der Waals surface area contributed by atoms with Gasteiger partial charge in [0.15, 0.2) is 11.5 Å². The van der Waals surface area contributed by atoms with E-state index in [1.54, 1.807) is 19.4 Å². The van der Waals surface area contributed by atoms with Gasteiger partial charge in [-0.3, -0.25) is 4.79 Å². The number of benzene rings is 3. The van der Waals surface area contributed by atoms with Crippen LogP contribution in [-0.4, -0.2) is 19.2 Å². The molecule has 0 aliphatic carbocycles. The normalized spacial score (nSPS) is 11.5. The Labute approximate surface area is 211 Å². The summed E-state index contributed by atoms with van der Waals surface area (Å²) in [6.45, 7) is 6.81. The summed E-state index contributed by atoms with van der Waals surface area (Å²) in [5.74, 6) is 0.889. The average molecular weight is 574 g/mol. The number of hydrazone groups is 1. The smallest absolute Gasteiger partial charge is 0.271 e. The molecule has 0 saturated heterocycles. The lowest BCUT2D eigenvalue weighted by Gasteiger charge is -2.18. The fourth-order valence-corrected chi connectivity index (χ4v) is 3.88. The molecule has 1 N–H and O–H groups in total. The van der Waals surface area contributed by atoms with E-state index in [-0.39, 0.29) is 11.3 Å². The maximum atomic E-state index is 12.4. The van der Waals surface area contributed by atoms with Gasteiger partial charge in [0, 0.05) is 10.0 Å². The van der Waals surface area contributed by atoms with Gasteiger partial charge in [-0.25, -0.2) is 5.43 Å². The van der Waals surface area contributed by atoms with Crippen molar-refractivity contribution in [3.05, 3.63) is 91.9 Å². The summed E-state index contributed by atoms with van der Waals surface area (Å²) in [7, 11) is 1.58. The molecule has 0 saturated carbocycles. The van der Waals surface area contributed by atoms with Crippen molar-refractivity contribution < 1.29 is 14.3 Å². The summed E-state index contributed by atoms with van der Waals surface area (Å²) in [4.78, 5) is 12.4. The number of ether oxygens (including phenoxy) is 2. The largest absolute Gasteiger partial charge is 0.493 e. The first-order valence-electron chi connectivity index (χ1n) is 10.4. The molecular formula is C26H26Br2N2O3.